The average molecular weight is 328 g/mol. The Balaban J connectivity index is 1.48. The summed E-state index contributed by atoms with van der Waals surface area (Å²) in [5.41, 5.74) is 2.72. The SMILES string of the molecule is CCc1ccc2c(ccn2CCCCOc2ccc(Cl)cc2)c1. The monoisotopic (exact) mass is 327 g/mol. The third-order valence-corrected chi connectivity index (χ3v) is 4.37. The molecule has 0 fully saturated rings. The topological polar surface area (TPSA) is 14.2 Å². The predicted molar refractivity (Wildman–Crippen MR) is 97.5 cm³/mol. The van der Waals surface area contributed by atoms with Crippen LogP contribution < -0.4 is 4.74 Å². The molecule has 3 aromatic rings. The molecule has 0 aliphatic heterocycles. The van der Waals surface area contributed by atoms with Gasteiger partial charge in [0.2, 0.25) is 0 Å². The third kappa shape index (κ3) is 4.08. The smallest absolute Gasteiger partial charge is 0.119 e. The number of hydrogen-bond donors (Lipinski definition) is 0. The summed E-state index contributed by atoms with van der Waals surface area (Å²) in [6.45, 7) is 3.96. The molecule has 0 radical (unpaired) electrons. The molecule has 2 aromatic carbocycles. The Labute approximate surface area is 142 Å². The lowest BCUT2D eigenvalue weighted by Crippen LogP contribution is -2.01. The highest BCUT2D eigenvalue weighted by molar-refractivity contribution is 6.30. The minimum absolute atomic E-state index is 0.737. The van der Waals surface area contributed by atoms with Crippen molar-refractivity contribution < 1.29 is 4.74 Å². The van der Waals surface area contributed by atoms with Crippen LogP contribution in [-0.4, -0.2) is 11.2 Å². The van der Waals surface area contributed by atoms with Gasteiger partial charge in [0.05, 0.1) is 6.61 Å². The van der Waals surface area contributed by atoms with E-state index in [-0.39, 0.29) is 0 Å². The Kier molecular flexibility index (Phi) is 5.24. The van der Waals surface area contributed by atoms with Crippen LogP contribution in [-0.2, 0) is 13.0 Å². The number of aryl methyl sites for hydroxylation is 2. The molecule has 2 nitrogen and oxygen atoms in total. The number of unbranched alkanes of at least 4 members (excludes halogenated alkanes) is 1. The van der Waals surface area contributed by atoms with E-state index in [1.165, 1.54) is 16.5 Å². The highest BCUT2D eigenvalue weighted by Gasteiger charge is 2.02. The zero-order chi connectivity index (χ0) is 16.1. The van der Waals surface area contributed by atoms with E-state index in [0.717, 1.165) is 43.2 Å². The molecule has 0 unspecified atom stereocenters. The van der Waals surface area contributed by atoms with Crippen molar-refractivity contribution in [2.24, 2.45) is 0 Å². The first-order chi connectivity index (χ1) is 11.3. The van der Waals surface area contributed by atoms with E-state index in [0.29, 0.717) is 0 Å². The van der Waals surface area contributed by atoms with Crippen molar-refractivity contribution in [2.75, 3.05) is 6.61 Å². The van der Waals surface area contributed by atoms with E-state index in [1.807, 2.05) is 24.3 Å². The van der Waals surface area contributed by atoms with Crippen molar-refractivity contribution in [3.05, 3.63) is 65.3 Å². The molecule has 0 atom stereocenters. The summed E-state index contributed by atoms with van der Waals surface area (Å²) in [6, 6.07) is 16.5. The van der Waals surface area contributed by atoms with E-state index in [1.54, 1.807) is 0 Å². The second-order valence-electron chi connectivity index (χ2n) is 5.77. The number of aromatic nitrogens is 1. The van der Waals surface area contributed by atoms with Crippen molar-refractivity contribution in [1.82, 2.24) is 4.57 Å². The molecule has 0 aliphatic rings. The van der Waals surface area contributed by atoms with Crippen LogP contribution in [0, 0.1) is 0 Å². The maximum Gasteiger partial charge on any atom is 0.119 e. The Morgan fingerprint density at radius 2 is 1.83 bits per heavy atom. The van der Waals surface area contributed by atoms with Crippen molar-refractivity contribution in [2.45, 2.75) is 32.7 Å². The molecule has 0 amide bonds. The van der Waals surface area contributed by atoms with Gasteiger partial charge in [-0.15, -0.1) is 0 Å². The van der Waals surface area contributed by atoms with Gasteiger partial charge in [-0.2, -0.15) is 0 Å². The van der Waals surface area contributed by atoms with Gasteiger partial charge in [-0.05, 0) is 72.7 Å². The van der Waals surface area contributed by atoms with Gasteiger partial charge in [0, 0.05) is 23.3 Å². The number of halogens is 1. The molecule has 0 saturated heterocycles. The zero-order valence-electron chi connectivity index (χ0n) is 13.5. The summed E-state index contributed by atoms with van der Waals surface area (Å²) < 4.78 is 8.06. The molecular formula is C20H22ClNO. The lowest BCUT2D eigenvalue weighted by Gasteiger charge is -2.08. The Hall–Kier alpha value is -1.93. The van der Waals surface area contributed by atoms with Crippen LogP contribution in [0.4, 0.5) is 0 Å². The Bertz CT molecular complexity index is 761. The van der Waals surface area contributed by atoms with Gasteiger partial charge >= 0.3 is 0 Å². The molecule has 1 heterocycles. The first-order valence-corrected chi connectivity index (χ1v) is 8.60. The van der Waals surface area contributed by atoms with E-state index in [2.05, 4.69) is 42.0 Å². The predicted octanol–water partition coefficient (Wildman–Crippen LogP) is 5.72. The van der Waals surface area contributed by atoms with Crippen LogP contribution in [0.2, 0.25) is 5.02 Å². The number of fused-ring (bicyclic) bond motifs is 1. The van der Waals surface area contributed by atoms with E-state index in [9.17, 15) is 0 Å². The van der Waals surface area contributed by atoms with E-state index in [4.69, 9.17) is 16.3 Å². The zero-order valence-corrected chi connectivity index (χ0v) is 14.2. The minimum atomic E-state index is 0.737. The number of nitrogens with zero attached hydrogens (tertiary/aromatic N) is 1. The summed E-state index contributed by atoms with van der Waals surface area (Å²) in [4.78, 5) is 0. The molecular weight excluding hydrogens is 306 g/mol. The van der Waals surface area contributed by atoms with Crippen LogP contribution in [0.5, 0.6) is 5.75 Å². The highest BCUT2D eigenvalue weighted by atomic mass is 35.5. The first kappa shape index (κ1) is 15.9. The number of hydrogen-bond acceptors (Lipinski definition) is 1. The maximum absolute atomic E-state index is 5.86. The molecule has 0 aliphatic carbocycles. The Morgan fingerprint density at radius 3 is 2.61 bits per heavy atom. The van der Waals surface area contributed by atoms with Crippen LogP contribution in [0.3, 0.4) is 0 Å². The van der Waals surface area contributed by atoms with Crippen LogP contribution in [0.15, 0.2) is 54.7 Å². The molecule has 3 rings (SSSR count). The second-order valence-corrected chi connectivity index (χ2v) is 6.20. The quantitative estimate of drug-likeness (QED) is 0.506. The van der Waals surface area contributed by atoms with Gasteiger partial charge < -0.3 is 9.30 Å². The summed E-state index contributed by atoms with van der Waals surface area (Å²) >= 11 is 5.86. The molecule has 3 heteroatoms. The average Bonchev–Trinajstić information content (AvgIpc) is 2.98. The van der Waals surface area contributed by atoms with Crippen LogP contribution in [0.1, 0.15) is 25.3 Å². The second kappa shape index (κ2) is 7.56. The van der Waals surface area contributed by atoms with Gasteiger partial charge in [-0.1, -0.05) is 24.6 Å². The highest BCUT2D eigenvalue weighted by Crippen LogP contribution is 2.19. The van der Waals surface area contributed by atoms with Gasteiger partial charge in [0.1, 0.15) is 5.75 Å². The lowest BCUT2D eigenvalue weighted by molar-refractivity contribution is 0.303. The molecule has 120 valence electrons. The third-order valence-electron chi connectivity index (χ3n) is 4.12. The van der Waals surface area contributed by atoms with E-state index < -0.39 is 0 Å². The molecule has 0 bridgehead atoms. The number of ether oxygens (including phenoxy) is 1. The normalized spacial score (nSPS) is 11.0. The molecule has 23 heavy (non-hydrogen) atoms. The fourth-order valence-electron chi connectivity index (χ4n) is 2.77. The minimum Gasteiger partial charge on any atom is -0.494 e. The molecule has 0 N–H and O–H groups in total. The standard InChI is InChI=1S/C20H22ClNO/c1-2-16-5-10-20-17(15-16)11-13-22(20)12-3-4-14-23-19-8-6-18(21)7-9-19/h5-11,13,15H,2-4,12,14H2,1H3. The molecule has 0 spiro atoms. The number of benzene rings is 2. The fraction of sp³-hybridized carbons (Fsp3) is 0.300. The van der Waals surface area contributed by atoms with E-state index >= 15 is 0 Å². The maximum atomic E-state index is 5.86. The lowest BCUT2D eigenvalue weighted by atomic mass is 10.1. The van der Waals surface area contributed by atoms with Gasteiger partial charge in [-0.3, -0.25) is 0 Å². The summed E-state index contributed by atoms with van der Waals surface area (Å²) in [6.07, 6.45) is 5.41. The van der Waals surface area contributed by atoms with Crippen molar-refractivity contribution in [3.8, 4) is 5.75 Å². The largest absolute Gasteiger partial charge is 0.494 e. The molecule has 1 aromatic heterocycles. The summed E-state index contributed by atoms with van der Waals surface area (Å²) in [5.74, 6) is 0.882. The van der Waals surface area contributed by atoms with Crippen molar-refractivity contribution >= 4 is 22.5 Å². The van der Waals surface area contributed by atoms with Crippen molar-refractivity contribution in [3.63, 3.8) is 0 Å². The Morgan fingerprint density at radius 1 is 1.00 bits per heavy atom. The van der Waals surface area contributed by atoms with Gasteiger partial charge in [0.25, 0.3) is 0 Å². The fourth-order valence-corrected chi connectivity index (χ4v) is 2.90. The summed E-state index contributed by atoms with van der Waals surface area (Å²) in [5, 5.41) is 2.07. The summed E-state index contributed by atoms with van der Waals surface area (Å²) in [7, 11) is 0. The van der Waals surface area contributed by atoms with Crippen LogP contribution >= 0.6 is 11.6 Å². The first-order valence-electron chi connectivity index (χ1n) is 8.22. The van der Waals surface area contributed by atoms with Gasteiger partial charge in [0.15, 0.2) is 0 Å². The van der Waals surface area contributed by atoms with Gasteiger partial charge in [-0.25, -0.2) is 0 Å². The number of rotatable bonds is 7. The van der Waals surface area contributed by atoms with Crippen molar-refractivity contribution in [1.29, 1.82) is 0 Å². The van der Waals surface area contributed by atoms with Crippen LogP contribution in [0.25, 0.3) is 10.9 Å². The molecule has 0 saturated carbocycles.